The molecule has 0 fully saturated rings. The van der Waals surface area contributed by atoms with Crippen molar-refractivity contribution in [1.29, 1.82) is 0 Å². The van der Waals surface area contributed by atoms with E-state index in [9.17, 15) is 4.21 Å². The first-order chi connectivity index (χ1) is 5.79. The van der Waals surface area contributed by atoms with Crippen LogP contribution in [0.15, 0.2) is 24.5 Å². The second kappa shape index (κ2) is 4.97. The molecule has 0 saturated heterocycles. The summed E-state index contributed by atoms with van der Waals surface area (Å²) < 4.78 is 22.8. The molecule has 0 saturated carbocycles. The van der Waals surface area contributed by atoms with Crippen LogP contribution in [-0.2, 0) is 22.0 Å². The minimum absolute atomic E-state index is 0.231. The number of hydrogen-bond donors (Lipinski definition) is 1. The largest absolute Gasteiger partial charge is 0.301 e. The fourth-order valence-corrected chi connectivity index (χ4v) is 1.00. The molecule has 66 valence electrons. The lowest BCUT2D eigenvalue weighted by Gasteiger charge is -1.97. The molecule has 12 heavy (non-hydrogen) atoms. The van der Waals surface area contributed by atoms with E-state index >= 15 is 0 Å². The Kier molecular flexibility index (Phi) is 3.86. The molecular formula is C7H9NO3S. The van der Waals surface area contributed by atoms with Crippen molar-refractivity contribution in [3.8, 4) is 0 Å². The van der Waals surface area contributed by atoms with Crippen LogP contribution in [0.5, 0.6) is 0 Å². The number of rotatable bonds is 4. The third kappa shape index (κ3) is 3.56. The van der Waals surface area contributed by atoms with Crippen molar-refractivity contribution in [1.82, 2.24) is 4.98 Å². The Morgan fingerprint density at radius 3 is 3.08 bits per heavy atom. The van der Waals surface area contributed by atoms with Crippen molar-refractivity contribution in [2.24, 2.45) is 0 Å². The fourth-order valence-electron chi connectivity index (χ4n) is 0.777. The zero-order valence-electron chi connectivity index (χ0n) is 6.34. The highest BCUT2D eigenvalue weighted by Gasteiger charge is 1.95. The molecule has 0 radical (unpaired) electrons. The van der Waals surface area contributed by atoms with Crippen LogP contribution in [0.2, 0.25) is 0 Å². The van der Waals surface area contributed by atoms with Crippen LogP contribution in [0.1, 0.15) is 5.56 Å². The first-order valence-electron chi connectivity index (χ1n) is 3.42. The summed E-state index contributed by atoms with van der Waals surface area (Å²) >= 11 is -2.16. The summed E-state index contributed by atoms with van der Waals surface area (Å²) in [7, 11) is 0. The maximum Gasteiger partial charge on any atom is 0.301 e. The van der Waals surface area contributed by atoms with E-state index in [0.717, 1.165) is 5.56 Å². The average molecular weight is 187 g/mol. The Bertz CT molecular complexity index is 252. The minimum Gasteiger partial charge on any atom is -0.284 e. The van der Waals surface area contributed by atoms with Crippen LogP contribution < -0.4 is 0 Å². The summed E-state index contributed by atoms with van der Waals surface area (Å²) in [5, 5.41) is 0. The van der Waals surface area contributed by atoms with Gasteiger partial charge in [-0.1, -0.05) is 6.07 Å². The molecule has 1 atom stereocenters. The molecule has 4 nitrogen and oxygen atoms in total. The summed E-state index contributed by atoms with van der Waals surface area (Å²) in [6.07, 6.45) is 3.97. The van der Waals surface area contributed by atoms with Gasteiger partial charge in [0, 0.05) is 12.4 Å². The van der Waals surface area contributed by atoms with Crippen molar-refractivity contribution in [3.63, 3.8) is 0 Å². The van der Waals surface area contributed by atoms with Crippen molar-refractivity contribution < 1.29 is 12.9 Å². The van der Waals surface area contributed by atoms with Gasteiger partial charge in [-0.25, -0.2) is 0 Å². The van der Waals surface area contributed by atoms with Crippen molar-refractivity contribution in [2.75, 3.05) is 6.61 Å². The van der Waals surface area contributed by atoms with Crippen LogP contribution in [0.3, 0.4) is 0 Å². The summed E-state index contributed by atoms with van der Waals surface area (Å²) in [6.45, 7) is 0.231. The Morgan fingerprint density at radius 1 is 1.67 bits per heavy atom. The van der Waals surface area contributed by atoms with Gasteiger partial charge in [0.25, 0.3) is 0 Å². The van der Waals surface area contributed by atoms with Crippen LogP contribution in [-0.4, -0.2) is 20.4 Å². The van der Waals surface area contributed by atoms with E-state index in [1.807, 2.05) is 12.1 Å². The van der Waals surface area contributed by atoms with Crippen LogP contribution >= 0.6 is 0 Å². The normalized spacial score (nSPS) is 12.8. The predicted octanol–water partition coefficient (Wildman–Crippen LogP) is 0.777. The van der Waals surface area contributed by atoms with Gasteiger partial charge in [0.05, 0.1) is 6.61 Å². The molecule has 1 heterocycles. The summed E-state index contributed by atoms with van der Waals surface area (Å²) in [4.78, 5) is 3.89. The fraction of sp³-hybridized carbons (Fsp3) is 0.286. The standard InChI is InChI=1S/C7H9NO3S/c9-12(10)11-5-3-7-2-1-4-8-6-7/h1-2,4,6H,3,5H2,(H,9,10). The highest BCUT2D eigenvalue weighted by molar-refractivity contribution is 7.74. The topological polar surface area (TPSA) is 59.4 Å². The molecule has 0 bridgehead atoms. The minimum atomic E-state index is -2.16. The van der Waals surface area contributed by atoms with Gasteiger partial charge >= 0.3 is 11.4 Å². The van der Waals surface area contributed by atoms with Gasteiger partial charge in [-0.2, -0.15) is 4.21 Å². The van der Waals surface area contributed by atoms with E-state index in [1.165, 1.54) is 0 Å². The van der Waals surface area contributed by atoms with E-state index < -0.39 is 11.4 Å². The second-order valence-corrected chi connectivity index (χ2v) is 2.82. The first-order valence-corrected chi connectivity index (χ1v) is 4.45. The van der Waals surface area contributed by atoms with Gasteiger partial charge < -0.3 is 0 Å². The smallest absolute Gasteiger partial charge is 0.284 e. The van der Waals surface area contributed by atoms with Crippen molar-refractivity contribution >= 4 is 11.4 Å². The molecule has 0 aliphatic heterocycles. The number of nitrogens with zero attached hydrogens (tertiary/aromatic N) is 1. The molecule has 5 heteroatoms. The molecule has 1 aromatic rings. The molecule has 1 unspecified atom stereocenters. The summed E-state index contributed by atoms with van der Waals surface area (Å²) in [5.41, 5.74) is 0.989. The first kappa shape index (κ1) is 9.31. The van der Waals surface area contributed by atoms with Gasteiger partial charge in [0.2, 0.25) is 0 Å². The predicted molar refractivity (Wildman–Crippen MR) is 44.7 cm³/mol. The van der Waals surface area contributed by atoms with Crippen molar-refractivity contribution in [3.05, 3.63) is 30.1 Å². The maximum atomic E-state index is 10.1. The van der Waals surface area contributed by atoms with E-state index in [0.29, 0.717) is 6.42 Å². The van der Waals surface area contributed by atoms with Crippen LogP contribution in [0, 0.1) is 0 Å². The van der Waals surface area contributed by atoms with Gasteiger partial charge in [0.1, 0.15) is 0 Å². The maximum absolute atomic E-state index is 10.1. The number of hydrogen-bond acceptors (Lipinski definition) is 3. The number of pyridine rings is 1. The number of aromatic nitrogens is 1. The van der Waals surface area contributed by atoms with Crippen molar-refractivity contribution in [2.45, 2.75) is 6.42 Å². The molecule has 0 aliphatic carbocycles. The van der Waals surface area contributed by atoms with Gasteiger partial charge in [-0.05, 0) is 18.1 Å². The highest BCUT2D eigenvalue weighted by Crippen LogP contribution is 1.97. The summed E-state index contributed by atoms with van der Waals surface area (Å²) in [5.74, 6) is 0. The van der Waals surface area contributed by atoms with E-state index in [2.05, 4.69) is 9.17 Å². The SMILES string of the molecule is O=S(O)OCCc1cccnc1. The third-order valence-corrected chi connectivity index (χ3v) is 1.67. The lowest BCUT2D eigenvalue weighted by Crippen LogP contribution is -2.00. The van der Waals surface area contributed by atoms with E-state index in [4.69, 9.17) is 4.55 Å². The quantitative estimate of drug-likeness (QED) is 0.707. The highest BCUT2D eigenvalue weighted by atomic mass is 32.2. The molecule has 0 aliphatic rings. The van der Waals surface area contributed by atoms with E-state index in [-0.39, 0.29) is 6.61 Å². The Balaban J connectivity index is 2.29. The molecule has 0 spiro atoms. The lowest BCUT2D eigenvalue weighted by atomic mass is 10.2. The van der Waals surface area contributed by atoms with Crippen LogP contribution in [0.4, 0.5) is 0 Å². The Labute approximate surface area is 73.1 Å². The average Bonchev–Trinajstić information content (AvgIpc) is 2.05. The molecule has 1 aromatic heterocycles. The molecular weight excluding hydrogens is 178 g/mol. The van der Waals surface area contributed by atoms with Crippen LogP contribution in [0.25, 0.3) is 0 Å². The Morgan fingerprint density at radius 2 is 2.50 bits per heavy atom. The van der Waals surface area contributed by atoms with Gasteiger partial charge in [0.15, 0.2) is 0 Å². The third-order valence-electron chi connectivity index (χ3n) is 1.30. The summed E-state index contributed by atoms with van der Waals surface area (Å²) in [6, 6.07) is 3.70. The van der Waals surface area contributed by atoms with Gasteiger partial charge in [-0.3, -0.25) is 13.7 Å². The second-order valence-electron chi connectivity index (χ2n) is 2.15. The lowest BCUT2D eigenvalue weighted by molar-refractivity contribution is 0.310. The van der Waals surface area contributed by atoms with E-state index in [1.54, 1.807) is 12.4 Å². The Hall–Kier alpha value is -0.780. The molecule has 0 amide bonds. The zero-order chi connectivity index (χ0) is 8.81. The van der Waals surface area contributed by atoms with Gasteiger partial charge in [-0.15, -0.1) is 0 Å². The zero-order valence-corrected chi connectivity index (χ0v) is 7.16. The molecule has 1 rings (SSSR count). The molecule has 1 N–H and O–H groups in total. The monoisotopic (exact) mass is 187 g/mol. The molecule has 0 aromatic carbocycles.